The van der Waals surface area contributed by atoms with Crippen LogP contribution in [0.15, 0.2) is 35.0 Å². The average molecular weight is 433 g/mol. The molecule has 29 heavy (non-hydrogen) atoms. The third-order valence-corrected chi connectivity index (χ3v) is 5.93. The molecule has 7 nitrogen and oxygen atoms in total. The van der Waals surface area contributed by atoms with Gasteiger partial charge in [0, 0.05) is 47.2 Å². The Morgan fingerprint density at radius 1 is 1.24 bits per heavy atom. The summed E-state index contributed by atoms with van der Waals surface area (Å²) in [5.74, 6) is 1.09. The van der Waals surface area contributed by atoms with Gasteiger partial charge in [0.15, 0.2) is 0 Å². The smallest absolute Gasteiger partial charge is 0.226 e. The predicted octanol–water partition coefficient (Wildman–Crippen LogP) is 3.70. The fraction of sp³-hybridized carbons (Fsp3) is 0.450. The molecule has 1 aliphatic heterocycles. The van der Waals surface area contributed by atoms with Gasteiger partial charge in [-0.25, -0.2) is 19.3 Å². The molecule has 0 unspecified atom stereocenters. The zero-order chi connectivity index (χ0) is 20.8. The molecule has 1 saturated heterocycles. The number of imidazole rings is 1. The number of piperidine rings is 1. The van der Waals surface area contributed by atoms with Gasteiger partial charge in [-0.15, -0.1) is 0 Å². The summed E-state index contributed by atoms with van der Waals surface area (Å²) in [4.78, 5) is 16.1. The van der Waals surface area contributed by atoms with Crippen LogP contribution in [0.3, 0.4) is 0 Å². The number of pyridine rings is 1. The standard InChI is InChI=1S/C20H25ClN6OS/c1-13-7-16(25-29(3,4)28)12-26(10-13)20-23-14(2)8-17(24-20)18-9-22-19-6-5-15(21)11-27(18)19/h5-6,8-9,11,13,16H,7,10,12H2,1-4H3/t13-,16+/m1/s1. The molecule has 0 amide bonds. The maximum atomic E-state index is 12.2. The molecule has 1 fully saturated rings. The highest BCUT2D eigenvalue weighted by Crippen LogP contribution is 2.27. The predicted molar refractivity (Wildman–Crippen MR) is 118 cm³/mol. The summed E-state index contributed by atoms with van der Waals surface area (Å²) in [6.07, 6.45) is 7.95. The van der Waals surface area contributed by atoms with Crippen LogP contribution in [0.5, 0.6) is 0 Å². The zero-order valence-electron chi connectivity index (χ0n) is 17.0. The van der Waals surface area contributed by atoms with Gasteiger partial charge < -0.3 is 4.90 Å². The quantitative estimate of drug-likeness (QED) is 0.630. The van der Waals surface area contributed by atoms with Crippen molar-refractivity contribution in [2.24, 2.45) is 10.3 Å². The number of halogens is 1. The first kappa shape index (κ1) is 20.1. The molecule has 0 N–H and O–H groups in total. The molecule has 4 heterocycles. The molecule has 2 atom stereocenters. The molecule has 3 aromatic rings. The molecule has 0 bridgehead atoms. The SMILES string of the molecule is Cc1cc(-c2cnc3ccc(Cl)cn23)nc(N2C[C@H](C)C[C@H](N=S(C)(C)=O)C2)n1. The van der Waals surface area contributed by atoms with Crippen molar-refractivity contribution in [1.29, 1.82) is 0 Å². The monoisotopic (exact) mass is 432 g/mol. The van der Waals surface area contributed by atoms with Crippen molar-refractivity contribution in [3.8, 4) is 11.4 Å². The Morgan fingerprint density at radius 3 is 2.79 bits per heavy atom. The topological polar surface area (TPSA) is 75.8 Å². The van der Waals surface area contributed by atoms with Gasteiger partial charge in [0.25, 0.3) is 0 Å². The molecule has 3 aromatic heterocycles. The van der Waals surface area contributed by atoms with Crippen molar-refractivity contribution in [2.75, 3.05) is 30.5 Å². The fourth-order valence-corrected chi connectivity index (χ4v) is 4.92. The third kappa shape index (κ3) is 4.53. The third-order valence-electron chi connectivity index (χ3n) is 4.90. The van der Waals surface area contributed by atoms with Gasteiger partial charge >= 0.3 is 0 Å². The first-order chi connectivity index (χ1) is 13.7. The highest BCUT2D eigenvalue weighted by atomic mass is 35.5. The minimum absolute atomic E-state index is 0.0171. The molecular formula is C20H25ClN6OS. The lowest BCUT2D eigenvalue weighted by atomic mass is 9.97. The van der Waals surface area contributed by atoms with Crippen molar-refractivity contribution >= 4 is 32.9 Å². The highest BCUT2D eigenvalue weighted by molar-refractivity contribution is 7.92. The number of nitrogens with zero attached hydrogens (tertiary/aromatic N) is 6. The number of aromatic nitrogens is 4. The van der Waals surface area contributed by atoms with Crippen LogP contribution in [-0.4, -0.2) is 55.2 Å². The van der Waals surface area contributed by atoms with Gasteiger partial charge in [-0.2, -0.15) is 0 Å². The fourth-order valence-electron chi connectivity index (χ4n) is 3.89. The van der Waals surface area contributed by atoms with E-state index in [0.29, 0.717) is 23.4 Å². The van der Waals surface area contributed by atoms with E-state index < -0.39 is 9.73 Å². The Bertz CT molecular complexity index is 1170. The van der Waals surface area contributed by atoms with Crippen molar-refractivity contribution in [3.05, 3.63) is 41.3 Å². The molecule has 0 radical (unpaired) electrons. The number of anilines is 1. The van der Waals surface area contributed by atoms with Crippen LogP contribution in [0.4, 0.5) is 5.95 Å². The van der Waals surface area contributed by atoms with Gasteiger partial charge in [-0.1, -0.05) is 18.5 Å². The van der Waals surface area contributed by atoms with Crippen molar-refractivity contribution in [1.82, 2.24) is 19.4 Å². The van der Waals surface area contributed by atoms with Gasteiger partial charge in [0.1, 0.15) is 5.65 Å². The Morgan fingerprint density at radius 2 is 2.03 bits per heavy atom. The van der Waals surface area contributed by atoms with E-state index >= 15 is 0 Å². The Hall–Kier alpha value is -2.19. The van der Waals surface area contributed by atoms with E-state index in [4.69, 9.17) is 16.6 Å². The maximum absolute atomic E-state index is 12.2. The number of rotatable bonds is 3. The summed E-state index contributed by atoms with van der Waals surface area (Å²) in [6, 6.07) is 5.67. The van der Waals surface area contributed by atoms with Crippen LogP contribution in [0, 0.1) is 12.8 Å². The van der Waals surface area contributed by atoms with Crippen molar-refractivity contribution < 1.29 is 4.21 Å². The van der Waals surface area contributed by atoms with E-state index in [0.717, 1.165) is 35.7 Å². The maximum Gasteiger partial charge on any atom is 0.226 e. The Kier molecular flexibility index (Phi) is 5.25. The summed E-state index contributed by atoms with van der Waals surface area (Å²) < 4.78 is 18.7. The lowest BCUT2D eigenvalue weighted by molar-refractivity contribution is 0.400. The van der Waals surface area contributed by atoms with E-state index in [-0.39, 0.29) is 6.04 Å². The minimum atomic E-state index is -2.15. The second-order valence-corrected chi connectivity index (χ2v) is 11.1. The summed E-state index contributed by atoms with van der Waals surface area (Å²) in [5, 5.41) is 0.639. The van der Waals surface area contributed by atoms with Gasteiger partial charge in [-0.05, 0) is 37.5 Å². The van der Waals surface area contributed by atoms with Gasteiger partial charge in [0.2, 0.25) is 5.95 Å². The summed E-state index contributed by atoms with van der Waals surface area (Å²) in [5.41, 5.74) is 3.35. The van der Waals surface area contributed by atoms with Crippen LogP contribution >= 0.6 is 11.6 Å². The first-order valence-electron chi connectivity index (χ1n) is 9.58. The van der Waals surface area contributed by atoms with Gasteiger partial charge in [0.05, 0.1) is 28.6 Å². The molecule has 0 spiro atoms. The molecule has 1 aliphatic rings. The van der Waals surface area contributed by atoms with Crippen molar-refractivity contribution in [2.45, 2.75) is 26.3 Å². The van der Waals surface area contributed by atoms with Crippen LogP contribution in [-0.2, 0) is 9.73 Å². The lowest BCUT2D eigenvalue weighted by Gasteiger charge is -2.35. The number of fused-ring (bicyclic) bond motifs is 1. The number of aryl methyl sites for hydroxylation is 1. The zero-order valence-corrected chi connectivity index (χ0v) is 18.6. The Labute approximate surface area is 176 Å². The van der Waals surface area contributed by atoms with E-state index in [1.165, 1.54) is 0 Å². The second-order valence-electron chi connectivity index (χ2n) is 8.10. The normalized spacial score (nSPS) is 20.2. The molecule has 0 aromatic carbocycles. The van der Waals surface area contributed by atoms with Crippen LogP contribution in [0.1, 0.15) is 19.0 Å². The molecule has 0 saturated carbocycles. The summed E-state index contributed by atoms with van der Waals surface area (Å²) >= 11 is 6.18. The highest BCUT2D eigenvalue weighted by Gasteiger charge is 2.27. The minimum Gasteiger partial charge on any atom is -0.338 e. The lowest BCUT2D eigenvalue weighted by Crippen LogP contribution is -2.43. The van der Waals surface area contributed by atoms with E-state index in [1.807, 2.05) is 35.7 Å². The number of hydrogen-bond donors (Lipinski definition) is 0. The van der Waals surface area contributed by atoms with E-state index in [2.05, 4.69) is 26.2 Å². The van der Waals surface area contributed by atoms with Crippen molar-refractivity contribution in [3.63, 3.8) is 0 Å². The molecule has 9 heteroatoms. The summed E-state index contributed by atoms with van der Waals surface area (Å²) in [6.45, 7) is 5.67. The first-order valence-corrected chi connectivity index (χ1v) is 12.3. The largest absolute Gasteiger partial charge is 0.338 e. The second kappa shape index (κ2) is 7.57. The van der Waals surface area contributed by atoms with Crippen LogP contribution in [0.2, 0.25) is 5.02 Å². The average Bonchev–Trinajstić information content (AvgIpc) is 3.02. The van der Waals surface area contributed by atoms with Crippen LogP contribution < -0.4 is 4.90 Å². The molecule has 154 valence electrons. The molecule has 0 aliphatic carbocycles. The summed E-state index contributed by atoms with van der Waals surface area (Å²) in [7, 11) is -2.15. The molecule has 4 rings (SSSR count). The van der Waals surface area contributed by atoms with E-state index in [9.17, 15) is 4.21 Å². The van der Waals surface area contributed by atoms with E-state index in [1.54, 1.807) is 18.7 Å². The Balaban J connectivity index is 1.73. The van der Waals surface area contributed by atoms with Gasteiger partial charge in [-0.3, -0.25) is 8.61 Å². The number of hydrogen-bond acceptors (Lipinski definition) is 6. The van der Waals surface area contributed by atoms with Crippen LogP contribution in [0.25, 0.3) is 17.0 Å². The molecular weight excluding hydrogens is 408 g/mol.